The highest BCUT2D eigenvalue weighted by molar-refractivity contribution is 7.98. The first-order chi connectivity index (χ1) is 10.8. The van der Waals surface area contributed by atoms with E-state index in [0.29, 0.717) is 18.7 Å². The van der Waals surface area contributed by atoms with Gasteiger partial charge in [0.05, 0.1) is 0 Å². The molecule has 0 bridgehead atoms. The molecule has 0 saturated heterocycles. The molecule has 3 N–H and O–H groups in total. The van der Waals surface area contributed by atoms with Crippen LogP contribution in [0.2, 0.25) is 0 Å². The number of aryl methyl sites for hydroxylation is 1. The molecule has 0 aliphatic rings. The van der Waals surface area contributed by atoms with Crippen molar-refractivity contribution in [1.82, 2.24) is 14.8 Å². The van der Waals surface area contributed by atoms with Gasteiger partial charge in [0, 0.05) is 26.1 Å². The SMILES string of the molecule is CC(=O)O.Cc1ccc(F)cc1CSc1nnc(CCN)n1C. The monoisotopic (exact) mass is 340 g/mol. The molecule has 0 unspecified atom stereocenters. The van der Waals surface area contributed by atoms with Gasteiger partial charge in [0.2, 0.25) is 0 Å². The van der Waals surface area contributed by atoms with Gasteiger partial charge in [-0.25, -0.2) is 4.39 Å². The average molecular weight is 340 g/mol. The number of aliphatic carboxylic acids is 1. The minimum atomic E-state index is -0.833. The highest BCUT2D eigenvalue weighted by Gasteiger charge is 2.09. The fourth-order valence-corrected chi connectivity index (χ4v) is 2.75. The molecular formula is C15H21FN4O2S. The zero-order valence-electron chi connectivity index (χ0n) is 13.4. The Morgan fingerprint density at radius 1 is 1.43 bits per heavy atom. The molecule has 0 atom stereocenters. The Balaban J connectivity index is 0.000000593. The summed E-state index contributed by atoms with van der Waals surface area (Å²) in [6.07, 6.45) is 0.711. The fourth-order valence-electron chi connectivity index (χ4n) is 1.76. The first-order valence-electron chi connectivity index (χ1n) is 7.00. The predicted octanol–water partition coefficient (Wildman–Crippen LogP) is 2.15. The van der Waals surface area contributed by atoms with Gasteiger partial charge in [-0.15, -0.1) is 10.2 Å². The third-order valence-electron chi connectivity index (χ3n) is 2.96. The Bertz CT molecular complexity index is 657. The van der Waals surface area contributed by atoms with Gasteiger partial charge in [-0.3, -0.25) is 4.79 Å². The van der Waals surface area contributed by atoms with Gasteiger partial charge in [-0.2, -0.15) is 0 Å². The van der Waals surface area contributed by atoms with Gasteiger partial charge in [0.15, 0.2) is 5.16 Å². The summed E-state index contributed by atoms with van der Waals surface area (Å²) in [5.74, 6) is 0.516. The molecule has 2 rings (SSSR count). The van der Waals surface area contributed by atoms with Gasteiger partial charge in [0.25, 0.3) is 5.97 Å². The van der Waals surface area contributed by atoms with Crippen LogP contribution in [-0.4, -0.2) is 32.4 Å². The molecule has 0 spiro atoms. The Hall–Kier alpha value is -1.93. The number of carbonyl (C=O) groups is 1. The highest BCUT2D eigenvalue weighted by atomic mass is 32.2. The zero-order chi connectivity index (χ0) is 17.4. The van der Waals surface area contributed by atoms with E-state index in [-0.39, 0.29) is 5.82 Å². The van der Waals surface area contributed by atoms with Gasteiger partial charge in [-0.1, -0.05) is 17.8 Å². The number of carboxylic acid groups (broad SMARTS) is 1. The second-order valence-electron chi connectivity index (χ2n) is 4.87. The summed E-state index contributed by atoms with van der Waals surface area (Å²) in [5.41, 5.74) is 7.57. The summed E-state index contributed by atoms with van der Waals surface area (Å²) in [4.78, 5) is 9.00. The van der Waals surface area contributed by atoms with Gasteiger partial charge in [0.1, 0.15) is 11.6 Å². The molecule has 126 valence electrons. The summed E-state index contributed by atoms with van der Waals surface area (Å²) in [7, 11) is 1.92. The minimum absolute atomic E-state index is 0.206. The number of hydrogen-bond donors (Lipinski definition) is 2. The molecule has 8 heteroatoms. The second kappa shape index (κ2) is 9.26. The molecule has 23 heavy (non-hydrogen) atoms. The van der Waals surface area contributed by atoms with E-state index in [1.807, 2.05) is 18.5 Å². The van der Waals surface area contributed by atoms with Crippen molar-refractivity contribution in [2.75, 3.05) is 6.54 Å². The maximum absolute atomic E-state index is 13.2. The van der Waals surface area contributed by atoms with Crippen molar-refractivity contribution in [3.05, 3.63) is 41.0 Å². The molecular weight excluding hydrogens is 319 g/mol. The number of thioether (sulfide) groups is 1. The lowest BCUT2D eigenvalue weighted by Crippen LogP contribution is -2.08. The lowest BCUT2D eigenvalue weighted by atomic mass is 10.1. The summed E-state index contributed by atoms with van der Waals surface area (Å²) in [6.45, 7) is 3.62. The predicted molar refractivity (Wildman–Crippen MR) is 87.8 cm³/mol. The van der Waals surface area contributed by atoms with Crippen molar-refractivity contribution in [1.29, 1.82) is 0 Å². The first kappa shape index (κ1) is 19.1. The van der Waals surface area contributed by atoms with Crippen LogP contribution >= 0.6 is 11.8 Å². The van der Waals surface area contributed by atoms with E-state index in [1.165, 1.54) is 6.07 Å². The molecule has 0 saturated carbocycles. The van der Waals surface area contributed by atoms with Gasteiger partial charge >= 0.3 is 0 Å². The number of aromatic nitrogens is 3. The quantitative estimate of drug-likeness (QED) is 0.810. The molecule has 1 heterocycles. The van der Waals surface area contributed by atoms with Crippen LogP contribution < -0.4 is 5.73 Å². The molecule has 0 radical (unpaired) electrons. The van der Waals surface area contributed by atoms with Crippen molar-refractivity contribution in [2.45, 2.75) is 31.2 Å². The highest BCUT2D eigenvalue weighted by Crippen LogP contribution is 2.23. The molecule has 0 aliphatic heterocycles. The lowest BCUT2D eigenvalue weighted by Gasteiger charge is -2.06. The number of benzene rings is 1. The van der Waals surface area contributed by atoms with Crippen LogP contribution in [0.3, 0.4) is 0 Å². The third kappa shape index (κ3) is 6.37. The maximum Gasteiger partial charge on any atom is 0.300 e. The van der Waals surface area contributed by atoms with Crippen molar-refractivity contribution in [3.8, 4) is 0 Å². The number of nitrogens with two attached hydrogens (primary N) is 1. The van der Waals surface area contributed by atoms with Crippen LogP contribution in [0.5, 0.6) is 0 Å². The van der Waals surface area contributed by atoms with Crippen LogP contribution in [-0.2, 0) is 24.0 Å². The van der Waals surface area contributed by atoms with Crippen LogP contribution in [0, 0.1) is 12.7 Å². The Kier molecular flexibility index (Phi) is 7.70. The fraction of sp³-hybridized carbons (Fsp3) is 0.400. The van der Waals surface area contributed by atoms with Crippen molar-refractivity contribution >= 4 is 17.7 Å². The molecule has 1 aromatic heterocycles. The molecule has 6 nitrogen and oxygen atoms in total. The van der Waals surface area contributed by atoms with Crippen molar-refractivity contribution in [3.63, 3.8) is 0 Å². The largest absolute Gasteiger partial charge is 0.481 e. The lowest BCUT2D eigenvalue weighted by molar-refractivity contribution is -0.134. The number of halogens is 1. The van der Waals surface area contributed by atoms with E-state index in [0.717, 1.165) is 29.0 Å². The first-order valence-corrected chi connectivity index (χ1v) is 7.99. The molecule has 0 aliphatic carbocycles. The van der Waals surface area contributed by atoms with Crippen LogP contribution in [0.15, 0.2) is 23.4 Å². The Morgan fingerprint density at radius 3 is 2.70 bits per heavy atom. The summed E-state index contributed by atoms with van der Waals surface area (Å²) in [5, 5.41) is 16.5. The van der Waals surface area contributed by atoms with Crippen molar-refractivity contribution in [2.24, 2.45) is 12.8 Å². The van der Waals surface area contributed by atoms with Crippen LogP contribution in [0.1, 0.15) is 23.9 Å². The number of carboxylic acids is 1. The van der Waals surface area contributed by atoms with E-state index in [2.05, 4.69) is 10.2 Å². The standard InChI is InChI=1S/C13H17FN4S.C2H4O2/c1-9-3-4-11(14)7-10(9)8-19-13-17-16-12(5-6-15)18(13)2;1-2(3)4/h3-4,7H,5-6,8,15H2,1-2H3;1H3,(H,3,4). The number of nitrogens with zero attached hydrogens (tertiary/aromatic N) is 3. The van der Waals surface area contributed by atoms with Gasteiger partial charge < -0.3 is 15.4 Å². The van der Waals surface area contributed by atoms with E-state index >= 15 is 0 Å². The summed E-state index contributed by atoms with van der Waals surface area (Å²) >= 11 is 1.55. The maximum atomic E-state index is 13.2. The van der Waals surface area contributed by atoms with Crippen molar-refractivity contribution < 1.29 is 14.3 Å². The molecule has 0 amide bonds. The molecule has 2 aromatic rings. The number of rotatable bonds is 5. The topological polar surface area (TPSA) is 94.0 Å². The van der Waals surface area contributed by atoms with Gasteiger partial charge in [-0.05, 0) is 36.7 Å². The smallest absolute Gasteiger partial charge is 0.300 e. The van der Waals surface area contributed by atoms with E-state index in [9.17, 15) is 4.39 Å². The summed E-state index contributed by atoms with van der Waals surface area (Å²) in [6, 6.07) is 4.84. The summed E-state index contributed by atoms with van der Waals surface area (Å²) < 4.78 is 15.1. The minimum Gasteiger partial charge on any atom is -0.481 e. The number of hydrogen-bond acceptors (Lipinski definition) is 5. The van der Waals surface area contributed by atoms with E-state index < -0.39 is 5.97 Å². The van der Waals surface area contributed by atoms with Crippen LogP contribution in [0.4, 0.5) is 4.39 Å². The molecule has 0 fully saturated rings. The average Bonchev–Trinajstić information content (AvgIpc) is 2.81. The zero-order valence-corrected chi connectivity index (χ0v) is 14.2. The van der Waals surface area contributed by atoms with E-state index in [1.54, 1.807) is 23.9 Å². The van der Waals surface area contributed by atoms with Crippen LogP contribution in [0.25, 0.3) is 0 Å². The third-order valence-corrected chi connectivity index (χ3v) is 4.03. The Morgan fingerprint density at radius 2 is 2.09 bits per heavy atom. The second-order valence-corrected chi connectivity index (χ2v) is 5.82. The molecule has 1 aromatic carbocycles. The normalized spacial score (nSPS) is 10.1. The van der Waals surface area contributed by atoms with E-state index in [4.69, 9.17) is 15.6 Å². The Labute approximate surface area is 138 Å².